The summed E-state index contributed by atoms with van der Waals surface area (Å²) in [7, 11) is 1.64. The zero-order valence-electron chi connectivity index (χ0n) is 10.8. The van der Waals surface area contributed by atoms with Crippen molar-refractivity contribution in [3.63, 3.8) is 0 Å². The zero-order chi connectivity index (χ0) is 12.7. The molecule has 3 N–H and O–H groups in total. The molecule has 0 aromatic rings. The maximum absolute atomic E-state index is 11.8. The van der Waals surface area contributed by atoms with Crippen molar-refractivity contribution < 1.29 is 14.3 Å². The van der Waals surface area contributed by atoms with Crippen molar-refractivity contribution in [2.45, 2.75) is 50.8 Å². The van der Waals surface area contributed by atoms with Crippen LogP contribution in [0.1, 0.15) is 32.6 Å². The highest BCUT2D eigenvalue weighted by molar-refractivity contribution is 5.81. The summed E-state index contributed by atoms with van der Waals surface area (Å²) in [6.07, 6.45) is 3.69. The van der Waals surface area contributed by atoms with Crippen LogP contribution in [0.3, 0.4) is 0 Å². The van der Waals surface area contributed by atoms with Gasteiger partial charge in [0.1, 0.15) is 0 Å². The number of ether oxygens (including phenoxy) is 2. The molecule has 1 rings (SSSR count). The molecule has 5 heteroatoms. The molecule has 5 nitrogen and oxygen atoms in total. The van der Waals surface area contributed by atoms with Crippen LogP contribution in [0.25, 0.3) is 0 Å². The molecule has 1 heterocycles. The second-order valence-corrected chi connectivity index (χ2v) is 4.59. The molecule has 0 aromatic carbocycles. The van der Waals surface area contributed by atoms with Gasteiger partial charge in [-0.1, -0.05) is 0 Å². The van der Waals surface area contributed by atoms with Crippen LogP contribution in [0.2, 0.25) is 0 Å². The number of carbonyl (C=O) groups is 1. The number of nitrogens with two attached hydrogens (primary N) is 1. The fourth-order valence-electron chi connectivity index (χ4n) is 2.00. The molecule has 0 bridgehead atoms. The third kappa shape index (κ3) is 5.02. The van der Waals surface area contributed by atoms with Crippen molar-refractivity contribution >= 4 is 5.91 Å². The summed E-state index contributed by atoms with van der Waals surface area (Å²) in [5, 5.41) is 2.92. The topological polar surface area (TPSA) is 73.6 Å². The van der Waals surface area contributed by atoms with Crippen LogP contribution >= 0.6 is 0 Å². The molecule has 1 fully saturated rings. The molecular formula is C12H24N2O3. The molecule has 0 radical (unpaired) electrons. The molecule has 17 heavy (non-hydrogen) atoms. The molecule has 1 amide bonds. The standard InChI is InChI=1S/C12H24N2O3/c1-9(11-6-4-8-17-11)14-12(15)10(13)5-3-7-16-2/h9-11H,3-8,13H2,1-2H3,(H,14,15). The van der Waals surface area contributed by atoms with E-state index in [1.165, 1.54) is 0 Å². The lowest BCUT2D eigenvalue weighted by Crippen LogP contribution is -2.48. The SMILES string of the molecule is COCCCC(N)C(=O)NC(C)C1CCCO1. The van der Waals surface area contributed by atoms with Crippen molar-refractivity contribution in [1.29, 1.82) is 0 Å². The summed E-state index contributed by atoms with van der Waals surface area (Å²) < 4.78 is 10.4. The minimum Gasteiger partial charge on any atom is -0.385 e. The highest BCUT2D eigenvalue weighted by Gasteiger charge is 2.25. The first-order chi connectivity index (χ1) is 8.15. The number of methoxy groups -OCH3 is 1. The van der Waals surface area contributed by atoms with Crippen LogP contribution in [0.5, 0.6) is 0 Å². The molecule has 1 saturated heterocycles. The van der Waals surface area contributed by atoms with E-state index < -0.39 is 6.04 Å². The van der Waals surface area contributed by atoms with E-state index in [2.05, 4.69) is 5.32 Å². The van der Waals surface area contributed by atoms with E-state index in [1.54, 1.807) is 7.11 Å². The average molecular weight is 244 g/mol. The molecule has 0 aliphatic carbocycles. The zero-order valence-corrected chi connectivity index (χ0v) is 10.8. The average Bonchev–Trinajstić information content (AvgIpc) is 2.82. The lowest BCUT2D eigenvalue weighted by atomic mass is 10.1. The molecule has 3 atom stereocenters. The maximum Gasteiger partial charge on any atom is 0.237 e. The Labute approximate surface area is 103 Å². The van der Waals surface area contributed by atoms with Gasteiger partial charge in [-0.25, -0.2) is 0 Å². The van der Waals surface area contributed by atoms with Gasteiger partial charge < -0.3 is 20.5 Å². The van der Waals surface area contributed by atoms with Crippen LogP contribution < -0.4 is 11.1 Å². The van der Waals surface area contributed by atoms with Gasteiger partial charge in [-0.05, 0) is 32.6 Å². The van der Waals surface area contributed by atoms with Crippen LogP contribution in [-0.2, 0) is 14.3 Å². The van der Waals surface area contributed by atoms with Gasteiger partial charge in [0.2, 0.25) is 5.91 Å². The minimum atomic E-state index is -0.450. The highest BCUT2D eigenvalue weighted by atomic mass is 16.5. The lowest BCUT2D eigenvalue weighted by Gasteiger charge is -2.22. The van der Waals surface area contributed by atoms with E-state index in [9.17, 15) is 4.79 Å². The number of rotatable bonds is 7. The van der Waals surface area contributed by atoms with Crippen molar-refractivity contribution in [3.8, 4) is 0 Å². The fraction of sp³-hybridized carbons (Fsp3) is 0.917. The van der Waals surface area contributed by atoms with Crippen molar-refractivity contribution in [1.82, 2.24) is 5.32 Å². The van der Waals surface area contributed by atoms with Gasteiger partial charge in [-0.2, -0.15) is 0 Å². The first-order valence-electron chi connectivity index (χ1n) is 6.31. The quantitative estimate of drug-likeness (QED) is 0.637. The number of amides is 1. The summed E-state index contributed by atoms with van der Waals surface area (Å²) in [5.74, 6) is -0.0934. The first-order valence-corrected chi connectivity index (χ1v) is 6.31. The van der Waals surface area contributed by atoms with E-state index in [-0.39, 0.29) is 18.1 Å². The van der Waals surface area contributed by atoms with Crippen LogP contribution in [0.15, 0.2) is 0 Å². The normalized spacial score (nSPS) is 23.4. The Morgan fingerprint density at radius 3 is 3.00 bits per heavy atom. The Bertz CT molecular complexity index is 230. The van der Waals surface area contributed by atoms with Gasteiger partial charge in [0.05, 0.1) is 18.2 Å². The Hall–Kier alpha value is -0.650. The van der Waals surface area contributed by atoms with E-state index in [0.29, 0.717) is 13.0 Å². The van der Waals surface area contributed by atoms with Gasteiger partial charge in [0.15, 0.2) is 0 Å². The summed E-state index contributed by atoms with van der Waals surface area (Å²) in [6.45, 7) is 3.41. The Kier molecular flexibility index (Phi) is 6.47. The van der Waals surface area contributed by atoms with Crippen LogP contribution in [-0.4, -0.2) is 44.4 Å². The summed E-state index contributed by atoms with van der Waals surface area (Å²) in [6, 6.07) is -0.410. The second-order valence-electron chi connectivity index (χ2n) is 4.59. The van der Waals surface area contributed by atoms with Gasteiger partial charge in [0.25, 0.3) is 0 Å². The van der Waals surface area contributed by atoms with Gasteiger partial charge >= 0.3 is 0 Å². The number of hydrogen-bond acceptors (Lipinski definition) is 4. The van der Waals surface area contributed by atoms with Crippen LogP contribution in [0.4, 0.5) is 0 Å². The molecule has 1 aliphatic heterocycles. The van der Waals surface area contributed by atoms with Crippen molar-refractivity contribution in [2.24, 2.45) is 5.73 Å². The number of carbonyl (C=O) groups excluding carboxylic acids is 1. The Morgan fingerprint density at radius 2 is 2.41 bits per heavy atom. The van der Waals surface area contributed by atoms with Gasteiger partial charge in [-0.3, -0.25) is 4.79 Å². The van der Waals surface area contributed by atoms with Crippen LogP contribution in [0, 0.1) is 0 Å². The molecule has 0 aromatic heterocycles. The predicted molar refractivity (Wildman–Crippen MR) is 65.7 cm³/mol. The monoisotopic (exact) mass is 244 g/mol. The molecule has 100 valence electrons. The summed E-state index contributed by atoms with van der Waals surface area (Å²) >= 11 is 0. The van der Waals surface area contributed by atoms with Gasteiger partial charge in [0, 0.05) is 20.3 Å². The van der Waals surface area contributed by atoms with Crippen molar-refractivity contribution in [3.05, 3.63) is 0 Å². The maximum atomic E-state index is 11.8. The highest BCUT2D eigenvalue weighted by Crippen LogP contribution is 2.15. The minimum absolute atomic E-state index is 0.0403. The molecule has 3 unspecified atom stereocenters. The summed E-state index contributed by atoms with van der Waals surface area (Å²) in [4.78, 5) is 11.8. The molecule has 0 saturated carbocycles. The fourth-order valence-corrected chi connectivity index (χ4v) is 2.00. The predicted octanol–water partition coefficient (Wildman–Crippen LogP) is 0.424. The third-order valence-electron chi connectivity index (χ3n) is 3.09. The van der Waals surface area contributed by atoms with Crippen molar-refractivity contribution in [2.75, 3.05) is 20.3 Å². The molecule has 1 aliphatic rings. The van der Waals surface area contributed by atoms with E-state index in [4.69, 9.17) is 15.2 Å². The first kappa shape index (κ1) is 14.4. The lowest BCUT2D eigenvalue weighted by molar-refractivity contribution is -0.124. The molecule has 0 spiro atoms. The smallest absolute Gasteiger partial charge is 0.237 e. The Balaban J connectivity index is 2.22. The number of nitrogens with one attached hydrogen (secondary N) is 1. The number of hydrogen-bond donors (Lipinski definition) is 2. The van der Waals surface area contributed by atoms with E-state index in [0.717, 1.165) is 25.9 Å². The Morgan fingerprint density at radius 1 is 1.65 bits per heavy atom. The largest absolute Gasteiger partial charge is 0.385 e. The van der Waals surface area contributed by atoms with Gasteiger partial charge in [-0.15, -0.1) is 0 Å². The second kappa shape index (κ2) is 7.63. The molecular weight excluding hydrogens is 220 g/mol. The van der Waals surface area contributed by atoms with E-state index in [1.807, 2.05) is 6.92 Å². The van der Waals surface area contributed by atoms with E-state index >= 15 is 0 Å². The summed E-state index contributed by atoms with van der Waals surface area (Å²) in [5.41, 5.74) is 5.80. The third-order valence-corrected chi connectivity index (χ3v) is 3.09.